The van der Waals surface area contributed by atoms with Gasteiger partial charge in [-0.25, -0.2) is 28.6 Å². The number of amides is 2. The number of hydrogen-bond donors (Lipinski definition) is 9. The Bertz CT molecular complexity index is 2140. The number of imidazole rings is 1. The average molecular weight is 1050 g/mol. The van der Waals surface area contributed by atoms with Crippen LogP contribution >= 0.6 is 35.2 Å². The number of nitrogen functional groups attached to an aromatic ring is 1. The van der Waals surface area contributed by atoms with Gasteiger partial charge >= 0.3 is 23.5 Å². The fraction of sp³-hybridized carbons (Fsp3) is 0.750. The standard InChI is InChI=1S/C40H70N7O17P3S/c1-25(2)11-8-12-26(3)13-9-14-27(4)15-10-16-28(5)39(52)68-20-19-42-30(48)17-18-43-37(51)34(50)40(6,7)22-61-67(58,59)64-66(56,57)60-21-29-33(63-65(53,54)55)32(49)38(62-29)47-24-46-31-35(41)44-23-45-36(31)47/h16,23-27,29,32-34,38,49-50H,8-15,17-22H2,1-7H3,(H,42,48)(H,43,51)(H,56,57)(H,58,59)(H2,41,44,45)(H2,53,54,55)/b28-16+/t26?,27?,29-,32-,33-,34+,38-/m1/s1. The van der Waals surface area contributed by atoms with Gasteiger partial charge in [-0.3, -0.25) is 32.5 Å². The van der Waals surface area contributed by atoms with Crippen molar-refractivity contribution in [2.45, 2.75) is 137 Å². The van der Waals surface area contributed by atoms with Gasteiger partial charge in [0, 0.05) is 30.7 Å². The predicted molar refractivity (Wildman–Crippen MR) is 251 cm³/mol. The minimum absolute atomic E-state index is 0.0317. The number of thioether (sulfide) groups is 1. The Morgan fingerprint density at radius 1 is 0.941 bits per heavy atom. The highest BCUT2D eigenvalue weighted by atomic mass is 32.2. The number of nitrogens with zero attached hydrogens (tertiary/aromatic N) is 4. The van der Waals surface area contributed by atoms with Gasteiger partial charge in [-0.2, -0.15) is 4.31 Å². The van der Waals surface area contributed by atoms with E-state index in [0.29, 0.717) is 17.2 Å². The summed E-state index contributed by atoms with van der Waals surface area (Å²) in [5.41, 5.74) is 4.94. The Morgan fingerprint density at radius 2 is 1.57 bits per heavy atom. The van der Waals surface area contributed by atoms with E-state index in [0.717, 1.165) is 53.7 Å². The second-order valence-corrected chi connectivity index (χ2v) is 23.4. The lowest BCUT2D eigenvalue weighted by molar-refractivity contribution is -0.137. The maximum Gasteiger partial charge on any atom is 0.481 e. The first-order valence-electron chi connectivity index (χ1n) is 22.3. The Kier molecular flexibility index (Phi) is 23.9. The van der Waals surface area contributed by atoms with Gasteiger partial charge in [0.25, 0.3) is 0 Å². The average Bonchev–Trinajstić information content (AvgIpc) is 3.80. The maximum absolute atomic E-state index is 12.8. The predicted octanol–water partition coefficient (Wildman–Crippen LogP) is 4.66. The van der Waals surface area contributed by atoms with E-state index in [1.54, 1.807) is 6.92 Å². The summed E-state index contributed by atoms with van der Waals surface area (Å²) < 4.78 is 62.5. The Hall–Kier alpha value is -2.70. The first-order valence-corrected chi connectivity index (χ1v) is 27.8. The topological polar surface area (TPSA) is 364 Å². The van der Waals surface area contributed by atoms with E-state index in [-0.39, 0.29) is 41.6 Å². The normalized spacial score (nSPS) is 21.3. The van der Waals surface area contributed by atoms with Crippen LogP contribution in [-0.4, -0.2) is 123 Å². The molecule has 388 valence electrons. The fourth-order valence-electron chi connectivity index (χ4n) is 7.03. The zero-order valence-corrected chi connectivity index (χ0v) is 43.0. The highest BCUT2D eigenvalue weighted by Gasteiger charge is 2.50. The molecule has 1 aliphatic rings. The first-order chi connectivity index (χ1) is 31.6. The van der Waals surface area contributed by atoms with Crippen molar-refractivity contribution in [1.29, 1.82) is 0 Å². The third-order valence-electron chi connectivity index (χ3n) is 11.0. The molecule has 28 heteroatoms. The smallest absolute Gasteiger partial charge is 0.386 e. The first kappa shape index (κ1) is 59.6. The number of rotatable bonds is 31. The molecule has 0 saturated carbocycles. The second kappa shape index (κ2) is 27.2. The molecule has 2 aromatic heterocycles. The third-order valence-corrected chi connectivity index (χ3v) is 15.1. The van der Waals surface area contributed by atoms with E-state index >= 15 is 0 Å². The molecule has 9 atom stereocenters. The van der Waals surface area contributed by atoms with Crippen LogP contribution in [-0.2, 0) is 50.7 Å². The number of hydrogen-bond acceptors (Lipinski definition) is 18. The summed E-state index contributed by atoms with van der Waals surface area (Å²) in [5.74, 6) is 0.977. The number of fused-ring (bicyclic) bond motifs is 1. The molecular formula is C40H70N7O17P3S. The molecule has 0 radical (unpaired) electrons. The van der Waals surface area contributed by atoms with Crippen LogP contribution in [0.3, 0.4) is 0 Å². The third kappa shape index (κ3) is 20.6. The van der Waals surface area contributed by atoms with E-state index in [9.17, 15) is 57.9 Å². The number of aliphatic hydroxyl groups excluding tert-OH is 2. The van der Waals surface area contributed by atoms with Crippen LogP contribution in [0.5, 0.6) is 0 Å². The SMILES string of the molecule is C/C(=C\CCC(C)CCCC(C)CCCC(C)C)C(=O)SCCNC(=O)CCNC(=O)[C@H](O)C(C)(C)COP(=O)(O)OP(=O)(O)OC[C@H]1O[C@@H](n2cnc3c(N)ncnc32)[C@H](O)[C@@H]1OP(=O)(O)O. The molecule has 3 heterocycles. The van der Waals surface area contributed by atoms with Crippen LogP contribution in [0.1, 0.15) is 112 Å². The van der Waals surface area contributed by atoms with Crippen molar-refractivity contribution >= 4 is 69.1 Å². The largest absolute Gasteiger partial charge is 0.481 e. The zero-order valence-electron chi connectivity index (χ0n) is 39.5. The van der Waals surface area contributed by atoms with Gasteiger partial charge in [0.05, 0.1) is 19.5 Å². The Morgan fingerprint density at radius 3 is 2.22 bits per heavy atom. The van der Waals surface area contributed by atoms with Crippen LogP contribution < -0.4 is 16.4 Å². The van der Waals surface area contributed by atoms with Gasteiger partial charge in [0.15, 0.2) is 17.7 Å². The number of phosphoric acid groups is 3. The Labute approximate surface area is 400 Å². The number of nitrogens with one attached hydrogen (secondary N) is 2. The summed E-state index contributed by atoms with van der Waals surface area (Å²) >= 11 is 1.09. The zero-order chi connectivity index (χ0) is 51.0. The monoisotopic (exact) mass is 1050 g/mol. The number of allylic oxidation sites excluding steroid dienone is 1. The van der Waals surface area contributed by atoms with E-state index < -0.39 is 84.6 Å². The molecule has 10 N–H and O–H groups in total. The molecule has 0 bridgehead atoms. The summed E-state index contributed by atoms with van der Waals surface area (Å²) in [6, 6.07) is 0. The summed E-state index contributed by atoms with van der Waals surface area (Å²) in [5, 5.41) is 26.6. The minimum Gasteiger partial charge on any atom is -0.386 e. The molecule has 0 aromatic carbocycles. The maximum atomic E-state index is 12.8. The quantitative estimate of drug-likeness (QED) is 0.0282. The second-order valence-electron chi connectivity index (χ2n) is 18.1. The molecule has 4 unspecified atom stereocenters. The van der Waals surface area contributed by atoms with E-state index in [4.69, 9.17) is 19.5 Å². The minimum atomic E-state index is -5.58. The van der Waals surface area contributed by atoms with Gasteiger partial charge in [0.1, 0.15) is 36.3 Å². The molecule has 1 saturated heterocycles. The lowest BCUT2D eigenvalue weighted by atomic mass is 9.87. The molecule has 0 spiro atoms. The van der Waals surface area contributed by atoms with Crippen molar-refractivity contribution in [2.24, 2.45) is 23.2 Å². The van der Waals surface area contributed by atoms with E-state index in [2.05, 4.69) is 62.1 Å². The van der Waals surface area contributed by atoms with Crippen LogP contribution in [0, 0.1) is 23.2 Å². The molecule has 0 aliphatic carbocycles. The van der Waals surface area contributed by atoms with Crippen molar-refractivity contribution in [1.82, 2.24) is 30.2 Å². The fourth-order valence-corrected chi connectivity index (χ4v) is 10.6. The van der Waals surface area contributed by atoms with Gasteiger partial charge in [-0.15, -0.1) is 0 Å². The molecular weight excluding hydrogens is 975 g/mol. The summed E-state index contributed by atoms with van der Waals surface area (Å²) in [6.45, 7) is 11.4. The van der Waals surface area contributed by atoms with Crippen LogP contribution in [0.2, 0.25) is 0 Å². The number of carbonyl (C=O) groups excluding carboxylic acids is 3. The van der Waals surface area contributed by atoms with Crippen molar-refractivity contribution in [2.75, 3.05) is 37.8 Å². The molecule has 2 amide bonds. The number of ether oxygens (including phenoxy) is 1. The number of aromatic nitrogens is 4. The summed E-state index contributed by atoms with van der Waals surface area (Å²) in [6.07, 6.45) is 4.38. The van der Waals surface area contributed by atoms with Crippen molar-refractivity contribution < 1.29 is 80.5 Å². The summed E-state index contributed by atoms with van der Waals surface area (Å²) in [4.78, 5) is 88.9. The number of carbonyl (C=O) groups is 3. The molecule has 2 aromatic rings. The van der Waals surface area contributed by atoms with Crippen LogP contribution in [0.15, 0.2) is 24.3 Å². The lowest BCUT2D eigenvalue weighted by Crippen LogP contribution is -2.46. The van der Waals surface area contributed by atoms with Crippen LogP contribution in [0.25, 0.3) is 11.2 Å². The van der Waals surface area contributed by atoms with Gasteiger partial charge in [0.2, 0.25) is 16.9 Å². The molecule has 3 rings (SSSR count). The Balaban J connectivity index is 1.36. The van der Waals surface area contributed by atoms with Gasteiger partial charge < -0.3 is 50.9 Å². The molecule has 1 aliphatic heterocycles. The molecule has 68 heavy (non-hydrogen) atoms. The van der Waals surface area contributed by atoms with Crippen molar-refractivity contribution in [3.8, 4) is 0 Å². The summed E-state index contributed by atoms with van der Waals surface area (Å²) in [7, 11) is -16.4. The molecule has 1 fully saturated rings. The van der Waals surface area contributed by atoms with Gasteiger partial charge in [-0.1, -0.05) is 97.9 Å². The van der Waals surface area contributed by atoms with E-state index in [1.807, 2.05) is 6.08 Å². The number of anilines is 1. The van der Waals surface area contributed by atoms with E-state index in [1.165, 1.54) is 52.4 Å². The number of phosphoric ester groups is 3. The van der Waals surface area contributed by atoms with Crippen LogP contribution in [0.4, 0.5) is 5.82 Å². The highest BCUT2D eigenvalue weighted by molar-refractivity contribution is 8.14. The van der Waals surface area contributed by atoms with Crippen molar-refractivity contribution in [3.63, 3.8) is 0 Å². The number of aliphatic hydroxyl groups is 2. The highest BCUT2D eigenvalue weighted by Crippen LogP contribution is 2.61. The molecule has 24 nitrogen and oxygen atoms in total. The van der Waals surface area contributed by atoms with Crippen molar-refractivity contribution in [3.05, 3.63) is 24.3 Å². The lowest BCUT2D eigenvalue weighted by Gasteiger charge is -2.30. The van der Waals surface area contributed by atoms with Gasteiger partial charge in [-0.05, 0) is 43.1 Å². The number of nitrogens with two attached hydrogens (primary N) is 1.